The van der Waals surface area contributed by atoms with Gasteiger partial charge < -0.3 is 5.11 Å². The lowest BCUT2D eigenvalue weighted by molar-refractivity contribution is -0.139. The molecule has 1 aromatic carbocycles. The quantitative estimate of drug-likeness (QED) is 0.892. The molecule has 0 heterocycles. The average molecular weight is 264 g/mol. The van der Waals surface area contributed by atoms with Crippen LogP contribution in [-0.2, 0) is 11.0 Å². The first kappa shape index (κ1) is 13.3. The molecule has 1 aromatic rings. The third-order valence-electron chi connectivity index (χ3n) is 1.96. The van der Waals surface area contributed by atoms with Crippen LogP contribution in [0.15, 0.2) is 18.2 Å². The predicted molar refractivity (Wildman–Crippen MR) is 52.4 cm³/mol. The summed E-state index contributed by atoms with van der Waals surface area (Å²) in [5, 5.41) is 17.0. The van der Waals surface area contributed by atoms with Crippen LogP contribution < -0.4 is 0 Å². The molecule has 0 saturated heterocycles. The molecule has 0 fully saturated rings. The number of carboxylic acid groups (broad SMARTS) is 1. The molecule has 0 saturated carbocycles. The summed E-state index contributed by atoms with van der Waals surface area (Å²) < 4.78 is 37.3. The van der Waals surface area contributed by atoms with E-state index in [9.17, 15) is 18.0 Å². The molecule has 1 atom stereocenters. The van der Waals surface area contributed by atoms with Crippen molar-refractivity contribution in [1.82, 2.24) is 0 Å². The van der Waals surface area contributed by atoms with E-state index in [0.29, 0.717) is 12.1 Å². The lowest BCUT2D eigenvalue weighted by atomic mass is 9.98. The Balaban J connectivity index is 3.33. The van der Waals surface area contributed by atoms with E-state index in [4.69, 9.17) is 22.0 Å². The molecule has 0 radical (unpaired) electrons. The second kappa shape index (κ2) is 4.63. The Bertz CT molecular complexity index is 493. The fraction of sp³-hybridized carbons (Fsp3) is 0.200. The minimum atomic E-state index is -4.64. The summed E-state index contributed by atoms with van der Waals surface area (Å²) >= 11 is 5.46. The van der Waals surface area contributed by atoms with Gasteiger partial charge in [0.05, 0.1) is 11.6 Å². The first-order valence-corrected chi connectivity index (χ1v) is 4.63. The second-order valence-corrected chi connectivity index (χ2v) is 3.61. The Morgan fingerprint density at radius 2 is 2.00 bits per heavy atom. The minimum absolute atomic E-state index is 0.267. The summed E-state index contributed by atoms with van der Waals surface area (Å²) in [6, 6.07) is 3.70. The van der Waals surface area contributed by atoms with Crippen molar-refractivity contribution in [3.05, 3.63) is 34.3 Å². The maximum absolute atomic E-state index is 12.4. The fourth-order valence-corrected chi connectivity index (χ4v) is 1.46. The van der Waals surface area contributed by atoms with Crippen LogP contribution in [0, 0.1) is 11.3 Å². The molecular formula is C10H5ClF3NO2. The third kappa shape index (κ3) is 3.11. The van der Waals surface area contributed by atoms with Gasteiger partial charge in [-0.05, 0) is 23.8 Å². The van der Waals surface area contributed by atoms with E-state index >= 15 is 0 Å². The zero-order chi connectivity index (χ0) is 13.2. The number of carbonyl (C=O) groups is 1. The van der Waals surface area contributed by atoms with Crippen molar-refractivity contribution in [2.24, 2.45) is 0 Å². The van der Waals surface area contributed by atoms with Crippen LogP contribution in [0.2, 0.25) is 5.02 Å². The molecule has 0 spiro atoms. The van der Waals surface area contributed by atoms with Crippen LogP contribution in [0.25, 0.3) is 0 Å². The van der Waals surface area contributed by atoms with Crippen molar-refractivity contribution in [2.75, 3.05) is 0 Å². The lowest BCUT2D eigenvalue weighted by Gasteiger charge is -2.11. The number of nitrogens with zero attached hydrogens (tertiary/aromatic N) is 1. The van der Waals surface area contributed by atoms with Crippen molar-refractivity contribution in [3.8, 4) is 6.07 Å². The zero-order valence-electron chi connectivity index (χ0n) is 8.12. The molecule has 1 N–H and O–H groups in total. The summed E-state index contributed by atoms with van der Waals surface area (Å²) in [5.41, 5.74) is -1.37. The summed E-state index contributed by atoms with van der Waals surface area (Å²) in [7, 11) is 0. The number of carboxylic acids is 1. The molecule has 1 rings (SSSR count). The van der Waals surface area contributed by atoms with Crippen molar-refractivity contribution in [3.63, 3.8) is 0 Å². The molecule has 17 heavy (non-hydrogen) atoms. The molecule has 0 aliphatic rings. The minimum Gasteiger partial charge on any atom is -0.480 e. The molecule has 0 aliphatic heterocycles. The highest BCUT2D eigenvalue weighted by atomic mass is 35.5. The highest BCUT2D eigenvalue weighted by molar-refractivity contribution is 6.30. The largest absolute Gasteiger partial charge is 0.480 e. The molecule has 1 unspecified atom stereocenters. The standard InChI is InChI=1S/C10H5ClF3NO2/c11-7-2-5(8(4-15)9(16)17)1-6(3-7)10(12,13)14/h1-3,8H,(H,16,17). The summed E-state index contributed by atoms with van der Waals surface area (Å²) in [6.07, 6.45) is -4.64. The maximum atomic E-state index is 12.4. The van der Waals surface area contributed by atoms with Gasteiger partial charge in [0.2, 0.25) is 0 Å². The van der Waals surface area contributed by atoms with E-state index in [-0.39, 0.29) is 10.6 Å². The van der Waals surface area contributed by atoms with Crippen LogP contribution in [0.3, 0.4) is 0 Å². The number of halogens is 4. The fourth-order valence-electron chi connectivity index (χ4n) is 1.21. The molecule has 0 bridgehead atoms. The Labute approximate surface area is 99.0 Å². The Morgan fingerprint density at radius 3 is 2.41 bits per heavy atom. The number of rotatable bonds is 2. The van der Waals surface area contributed by atoms with E-state index in [0.717, 1.165) is 6.07 Å². The van der Waals surface area contributed by atoms with Gasteiger partial charge in [-0.25, -0.2) is 0 Å². The van der Waals surface area contributed by atoms with Gasteiger partial charge in [0.15, 0.2) is 5.92 Å². The van der Waals surface area contributed by atoms with Gasteiger partial charge in [-0.15, -0.1) is 0 Å². The first-order valence-electron chi connectivity index (χ1n) is 4.26. The molecule has 90 valence electrons. The SMILES string of the molecule is N#CC(C(=O)O)c1cc(Cl)cc(C(F)(F)F)c1. The van der Waals surface area contributed by atoms with Crippen molar-refractivity contribution in [2.45, 2.75) is 12.1 Å². The van der Waals surface area contributed by atoms with Crippen molar-refractivity contribution < 1.29 is 23.1 Å². The van der Waals surface area contributed by atoms with Gasteiger partial charge in [0, 0.05) is 5.02 Å². The van der Waals surface area contributed by atoms with Gasteiger partial charge in [-0.1, -0.05) is 11.6 Å². The van der Waals surface area contributed by atoms with Crippen LogP contribution >= 0.6 is 11.6 Å². The van der Waals surface area contributed by atoms with E-state index in [2.05, 4.69) is 0 Å². The number of hydrogen-bond acceptors (Lipinski definition) is 2. The Hall–Kier alpha value is -1.74. The van der Waals surface area contributed by atoms with Gasteiger partial charge in [-0.2, -0.15) is 18.4 Å². The Kier molecular flexibility index (Phi) is 3.63. The monoisotopic (exact) mass is 263 g/mol. The second-order valence-electron chi connectivity index (χ2n) is 3.17. The topological polar surface area (TPSA) is 61.1 Å². The molecular weight excluding hydrogens is 259 g/mol. The van der Waals surface area contributed by atoms with Gasteiger partial charge >= 0.3 is 12.1 Å². The van der Waals surface area contributed by atoms with Crippen LogP contribution in [0.5, 0.6) is 0 Å². The van der Waals surface area contributed by atoms with Gasteiger partial charge in [-0.3, -0.25) is 4.79 Å². The average Bonchev–Trinajstić information content (AvgIpc) is 2.15. The highest BCUT2D eigenvalue weighted by Crippen LogP contribution is 2.33. The van der Waals surface area contributed by atoms with E-state index in [1.165, 1.54) is 6.07 Å². The van der Waals surface area contributed by atoms with Gasteiger partial charge in [0.25, 0.3) is 0 Å². The van der Waals surface area contributed by atoms with E-state index < -0.39 is 23.6 Å². The molecule has 3 nitrogen and oxygen atoms in total. The summed E-state index contributed by atoms with van der Waals surface area (Å²) in [4.78, 5) is 10.7. The van der Waals surface area contributed by atoms with Crippen molar-refractivity contribution >= 4 is 17.6 Å². The number of alkyl halides is 3. The van der Waals surface area contributed by atoms with E-state index in [1.807, 2.05) is 0 Å². The predicted octanol–water partition coefficient (Wildman–Crippen LogP) is 3.05. The number of nitriles is 1. The van der Waals surface area contributed by atoms with E-state index in [1.54, 1.807) is 0 Å². The zero-order valence-corrected chi connectivity index (χ0v) is 8.88. The number of benzene rings is 1. The number of aliphatic carboxylic acids is 1. The van der Waals surface area contributed by atoms with Crippen molar-refractivity contribution in [1.29, 1.82) is 5.26 Å². The molecule has 7 heteroatoms. The highest BCUT2D eigenvalue weighted by Gasteiger charge is 2.32. The summed E-state index contributed by atoms with van der Waals surface area (Å²) in [6.45, 7) is 0. The summed E-state index contributed by atoms with van der Waals surface area (Å²) in [5.74, 6) is -3.20. The lowest BCUT2D eigenvalue weighted by Crippen LogP contribution is -2.12. The normalized spacial score (nSPS) is 12.9. The maximum Gasteiger partial charge on any atom is 0.416 e. The van der Waals surface area contributed by atoms with Crippen LogP contribution in [0.1, 0.15) is 17.0 Å². The first-order chi connectivity index (χ1) is 7.75. The molecule has 0 aliphatic carbocycles. The molecule has 0 aromatic heterocycles. The number of hydrogen-bond donors (Lipinski definition) is 1. The van der Waals surface area contributed by atoms with Gasteiger partial charge in [0.1, 0.15) is 0 Å². The third-order valence-corrected chi connectivity index (χ3v) is 2.18. The Morgan fingerprint density at radius 1 is 1.41 bits per heavy atom. The molecule has 0 amide bonds. The van der Waals surface area contributed by atoms with Crippen LogP contribution in [-0.4, -0.2) is 11.1 Å². The van der Waals surface area contributed by atoms with Crippen LogP contribution in [0.4, 0.5) is 13.2 Å². The smallest absolute Gasteiger partial charge is 0.416 e.